The maximum absolute atomic E-state index is 5.38. The zero-order valence-corrected chi connectivity index (χ0v) is 35.7. The molecule has 0 radical (unpaired) electrons. The summed E-state index contributed by atoms with van der Waals surface area (Å²) < 4.78 is 0. The van der Waals surface area contributed by atoms with Crippen LogP contribution in [0.4, 0.5) is 0 Å². The van der Waals surface area contributed by atoms with Gasteiger partial charge in [-0.05, 0) is 112 Å². The van der Waals surface area contributed by atoms with Gasteiger partial charge >= 0.3 is 0 Å². The van der Waals surface area contributed by atoms with Gasteiger partial charge in [0.2, 0.25) is 0 Å². The smallest absolute Gasteiger partial charge is 0.160 e. The molecule has 2 nitrogen and oxygen atoms in total. The second-order valence-corrected chi connectivity index (χ2v) is 18.0. The molecule has 0 N–H and O–H groups in total. The molecule has 2 heteroatoms. The molecule has 2 aliphatic carbocycles. The summed E-state index contributed by atoms with van der Waals surface area (Å²) in [6.45, 7) is 4.80. The van der Waals surface area contributed by atoms with E-state index in [9.17, 15) is 0 Å². The van der Waals surface area contributed by atoms with Gasteiger partial charge in [0.15, 0.2) is 5.82 Å². The van der Waals surface area contributed by atoms with Gasteiger partial charge in [-0.25, -0.2) is 9.97 Å². The highest BCUT2D eigenvalue weighted by molar-refractivity contribution is 6.25. The number of fused-ring (bicyclic) bond motifs is 15. The molecule has 0 bridgehead atoms. The van der Waals surface area contributed by atoms with E-state index in [-0.39, 0.29) is 5.41 Å². The summed E-state index contributed by atoms with van der Waals surface area (Å²) in [6.07, 6.45) is 0. The van der Waals surface area contributed by atoms with Gasteiger partial charge in [-0.15, -0.1) is 0 Å². The van der Waals surface area contributed by atoms with E-state index in [0.29, 0.717) is 5.82 Å². The van der Waals surface area contributed by atoms with Crippen LogP contribution in [0.3, 0.4) is 0 Å². The largest absolute Gasteiger partial charge is 0.228 e. The molecule has 64 heavy (non-hydrogen) atoms. The standard InChI is InChI=1S/C62H42N2/c1-61(2)54-29-14-15-30-55(54)62(52-27-12-10-25-49(52)50-26-11-13-28-53(50)62)56-34-32-41(37-57(56)61)40-19-16-20-42(35-40)59-38-58(39-17-4-3-5-18-39)63-60(64-59)43-31-33-48-46-23-7-6-21-44(46)45-22-8-9-24-47(45)51(48)36-43/h3-38H,1-2H3. The van der Waals surface area contributed by atoms with Crippen molar-refractivity contribution in [2.24, 2.45) is 0 Å². The van der Waals surface area contributed by atoms with Gasteiger partial charge in [-0.2, -0.15) is 0 Å². The van der Waals surface area contributed by atoms with Gasteiger partial charge in [0.05, 0.1) is 16.8 Å². The number of rotatable bonds is 4. The van der Waals surface area contributed by atoms with Crippen LogP contribution in [-0.2, 0) is 10.8 Å². The van der Waals surface area contributed by atoms with E-state index in [1.807, 2.05) is 0 Å². The number of aromatic nitrogens is 2. The third-order valence-corrected chi connectivity index (χ3v) is 14.3. The van der Waals surface area contributed by atoms with Gasteiger partial charge < -0.3 is 0 Å². The van der Waals surface area contributed by atoms with Crippen LogP contribution in [-0.4, -0.2) is 9.97 Å². The van der Waals surface area contributed by atoms with E-state index in [4.69, 9.17) is 9.97 Å². The topological polar surface area (TPSA) is 25.8 Å². The summed E-state index contributed by atoms with van der Waals surface area (Å²) in [5, 5.41) is 7.43. The van der Waals surface area contributed by atoms with Crippen molar-refractivity contribution >= 4 is 32.3 Å². The van der Waals surface area contributed by atoms with Gasteiger partial charge in [-0.3, -0.25) is 0 Å². The minimum Gasteiger partial charge on any atom is -0.228 e. The van der Waals surface area contributed by atoms with Crippen molar-refractivity contribution in [3.8, 4) is 56.2 Å². The Morgan fingerprint density at radius 1 is 0.281 bits per heavy atom. The maximum atomic E-state index is 5.38. The van der Waals surface area contributed by atoms with Crippen molar-refractivity contribution in [3.05, 3.63) is 252 Å². The first-order chi connectivity index (χ1) is 31.5. The van der Waals surface area contributed by atoms with Gasteiger partial charge in [0, 0.05) is 22.1 Å². The molecule has 0 amide bonds. The quantitative estimate of drug-likeness (QED) is 0.165. The lowest BCUT2D eigenvalue weighted by Crippen LogP contribution is -2.40. The van der Waals surface area contributed by atoms with Crippen molar-refractivity contribution < 1.29 is 0 Å². The molecular weight excluding hydrogens is 773 g/mol. The van der Waals surface area contributed by atoms with E-state index < -0.39 is 5.41 Å². The second kappa shape index (κ2) is 13.8. The molecule has 2 aliphatic rings. The van der Waals surface area contributed by atoms with Crippen molar-refractivity contribution in [1.82, 2.24) is 9.97 Å². The van der Waals surface area contributed by atoms with Gasteiger partial charge in [0.1, 0.15) is 0 Å². The molecule has 300 valence electrons. The zero-order valence-electron chi connectivity index (χ0n) is 35.7. The Morgan fingerprint density at radius 2 is 0.750 bits per heavy atom. The fraction of sp³-hybridized carbons (Fsp3) is 0.0645. The number of hydrogen-bond acceptors (Lipinski definition) is 2. The Kier molecular flexibility index (Phi) is 7.90. The van der Waals surface area contributed by atoms with Crippen molar-refractivity contribution in [2.45, 2.75) is 24.7 Å². The Hall–Kier alpha value is -7.94. The van der Waals surface area contributed by atoms with E-state index >= 15 is 0 Å². The highest BCUT2D eigenvalue weighted by Gasteiger charge is 2.53. The first-order valence-corrected chi connectivity index (χ1v) is 22.3. The normalized spacial score (nSPS) is 14.0. The Morgan fingerprint density at radius 3 is 1.42 bits per heavy atom. The van der Waals surface area contributed by atoms with E-state index in [0.717, 1.165) is 33.6 Å². The number of benzene rings is 10. The predicted molar refractivity (Wildman–Crippen MR) is 266 cm³/mol. The average molecular weight is 815 g/mol. The lowest BCUT2D eigenvalue weighted by atomic mass is 9.55. The molecule has 0 atom stereocenters. The fourth-order valence-corrected chi connectivity index (χ4v) is 11.4. The number of nitrogens with zero attached hydrogens (tertiary/aromatic N) is 2. The molecule has 1 heterocycles. The summed E-state index contributed by atoms with van der Waals surface area (Å²) in [6, 6.07) is 80.2. The van der Waals surface area contributed by atoms with Crippen molar-refractivity contribution in [2.75, 3.05) is 0 Å². The SMILES string of the molecule is CC1(C)c2ccccc2C2(c3ccccc3-c3ccccc32)c2ccc(-c3cccc(-c4cc(-c5ccccc5)nc(-c5ccc6c7ccccc7c7ccccc7c6c5)n4)c3)cc21. The molecule has 10 aromatic carbocycles. The Bertz CT molecular complexity index is 3630. The lowest BCUT2D eigenvalue weighted by Gasteiger charge is -2.46. The van der Waals surface area contributed by atoms with E-state index in [1.54, 1.807) is 0 Å². The minimum atomic E-state index is -0.414. The molecule has 0 saturated carbocycles. The van der Waals surface area contributed by atoms with Gasteiger partial charge in [0.25, 0.3) is 0 Å². The summed E-state index contributed by atoms with van der Waals surface area (Å²) in [5.74, 6) is 0.706. The van der Waals surface area contributed by atoms with Gasteiger partial charge in [-0.1, -0.05) is 208 Å². The van der Waals surface area contributed by atoms with Crippen LogP contribution < -0.4 is 0 Å². The summed E-state index contributed by atoms with van der Waals surface area (Å²) in [4.78, 5) is 10.6. The Labute approximate surface area is 373 Å². The molecule has 13 rings (SSSR count). The third-order valence-electron chi connectivity index (χ3n) is 14.3. The predicted octanol–water partition coefficient (Wildman–Crippen LogP) is 15.6. The molecule has 11 aromatic rings. The fourth-order valence-electron chi connectivity index (χ4n) is 11.4. The molecular formula is C62H42N2. The van der Waals surface area contributed by atoms with Crippen LogP contribution in [0.2, 0.25) is 0 Å². The molecule has 1 aromatic heterocycles. The zero-order chi connectivity index (χ0) is 42.6. The van der Waals surface area contributed by atoms with Crippen LogP contribution in [0, 0.1) is 0 Å². The summed E-state index contributed by atoms with van der Waals surface area (Å²) >= 11 is 0. The van der Waals surface area contributed by atoms with Crippen molar-refractivity contribution in [3.63, 3.8) is 0 Å². The van der Waals surface area contributed by atoms with Crippen LogP contribution in [0.1, 0.15) is 47.2 Å². The summed E-state index contributed by atoms with van der Waals surface area (Å²) in [7, 11) is 0. The third kappa shape index (κ3) is 5.20. The lowest BCUT2D eigenvalue weighted by molar-refractivity contribution is 0.563. The molecule has 0 fully saturated rings. The molecule has 0 aliphatic heterocycles. The van der Waals surface area contributed by atoms with Crippen LogP contribution >= 0.6 is 0 Å². The second-order valence-electron chi connectivity index (χ2n) is 18.0. The maximum Gasteiger partial charge on any atom is 0.160 e. The van der Waals surface area contributed by atoms with Crippen LogP contribution in [0.15, 0.2) is 218 Å². The summed E-state index contributed by atoms with van der Waals surface area (Å²) in [5.41, 5.74) is 17.4. The highest BCUT2D eigenvalue weighted by Crippen LogP contribution is 2.62. The first-order valence-electron chi connectivity index (χ1n) is 22.3. The monoisotopic (exact) mass is 814 g/mol. The molecule has 0 saturated heterocycles. The highest BCUT2D eigenvalue weighted by atomic mass is 14.9. The van der Waals surface area contributed by atoms with Crippen molar-refractivity contribution in [1.29, 1.82) is 0 Å². The van der Waals surface area contributed by atoms with E-state index in [1.165, 1.54) is 82.4 Å². The molecule has 1 spiro atoms. The number of hydrogen-bond donors (Lipinski definition) is 0. The molecule has 0 unspecified atom stereocenters. The Balaban J connectivity index is 0.977. The first kappa shape index (κ1) is 36.7. The van der Waals surface area contributed by atoms with Crippen LogP contribution in [0.25, 0.3) is 88.5 Å². The van der Waals surface area contributed by atoms with Crippen LogP contribution in [0.5, 0.6) is 0 Å². The van der Waals surface area contributed by atoms with E-state index in [2.05, 4.69) is 232 Å². The average Bonchev–Trinajstić information content (AvgIpc) is 3.66. The minimum absolute atomic E-state index is 0.235.